The summed E-state index contributed by atoms with van der Waals surface area (Å²) >= 11 is 1.24. The van der Waals surface area contributed by atoms with Gasteiger partial charge in [0.25, 0.3) is 5.91 Å². The van der Waals surface area contributed by atoms with Gasteiger partial charge in [0.05, 0.1) is 11.3 Å². The van der Waals surface area contributed by atoms with Crippen LogP contribution in [0.25, 0.3) is 0 Å². The number of hydrogen-bond acceptors (Lipinski definition) is 3. The first-order valence-corrected chi connectivity index (χ1v) is 5.63. The fourth-order valence-electron chi connectivity index (χ4n) is 1.25. The van der Waals surface area contributed by atoms with E-state index in [9.17, 15) is 13.6 Å². The molecule has 17 heavy (non-hydrogen) atoms. The van der Waals surface area contributed by atoms with E-state index in [0.29, 0.717) is 11.2 Å². The molecule has 0 aliphatic rings. The number of halogens is 2. The minimum absolute atomic E-state index is 0.209. The molecule has 0 atom stereocenters. The van der Waals surface area contributed by atoms with E-state index in [1.165, 1.54) is 11.3 Å². The summed E-state index contributed by atoms with van der Waals surface area (Å²) in [6, 6.07) is 2.80. The Morgan fingerprint density at radius 2 is 2.18 bits per heavy atom. The Labute approximate surface area is 100 Å². The van der Waals surface area contributed by atoms with Crippen molar-refractivity contribution >= 4 is 22.4 Å². The minimum Gasteiger partial charge on any atom is -0.298 e. The summed E-state index contributed by atoms with van der Waals surface area (Å²) in [5.41, 5.74) is 0.559. The van der Waals surface area contributed by atoms with Crippen molar-refractivity contribution in [2.24, 2.45) is 0 Å². The van der Waals surface area contributed by atoms with Crippen LogP contribution < -0.4 is 5.32 Å². The average molecular weight is 254 g/mol. The standard InChI is InChI=1S/C11H8F2N2OS/c1-6-5-17-11(14-6)15-10(16)8-3-2-7(12)4-9(8)13/h2-5H,1H3,(H,14,15,16). The number of rotatable bonds is 2. The number of nitrogens with zero attached hydrogens (tertiary/aromatic N) is 1. The highest BCUT2D eigenvalue weighted by Crippen LogP contribution is 2.17. The number of carbonyl (C=O) groups excluding carboxylic acids is 1. The van der Waals surface area contributed by atoms with Crippen molar-refractivity contribution in [3.8, 4) is 0 Å². The average Bonchev–Trinajstić information content (AvgIpc) is 2.63. The van der Waals surface area contributed by atoms with Crippen LogP contribution in [0.4, 0.5) is 13.9 Å². The maximum atomic E-state index is 13.3. The van der Waals surface area contributed by atoms with Crippen molar-refractivity contribution in [1.82, 2.24) is 4.98 Å². The van der Waals surface area contributed by atoms with Crippen LogP contribution in [0.1, 0.15) is 16.1 Å². The van der Waals surface area contributed by atoms with E-state index in [4.69, 9.17) is 0 Å². The molecule has 0 spiro atoms. The second-order valence-corrected chi connectivity index (χ2v) is 4.23. The Bertz CT molecular complexity index is 568. The molecular formula is C11H8F2N2OS. The fraction of sp³-hybridized carbons (Fsp3) is 0.0909. The number of aryl methyl sites for hydroxylation is 1. The number of anilines is 1. The summed E-state index contributed by atoms with van der Waals surface area (Å²) in [6.07, 6.45) is 0. The van der Waals surface area contributed by atoms with Crippen LogP contribution in [0.3, 0.4) is 0 Å². The number of amides is 1. The van der Waals surface area contributed by atoms with Gasteiger partial charge in [-0.05, 0) is 19.1 Å². The quantitative estimate of drug-likeness (QED) is 0.895. The number of hydrogen-bond donors (Lipinski definition) is 1. The topological polar surface area (TPSA) is 42.0 Å². The highest BCUT2D eigenvalue weighted by atomic mass is 32.1. The molecule has 1 aromatic carbocycles. The van der Waals surface area contributed by atoms with Gasteiger partial charge in [-0.3, -0.25) is 10.1 Å². The van der Waals surface area contributed by atoms with Crippen LogP contribution in [0.5, 0.6) is 0 Å². The third-order valence-electron chi connectivity index (χ3n) is 2.02. The van der Waals surface area contributed by atoms with Gasteiger partial charge in [0, 0.05) is 11.4 Å². The molecule has 2 aromatic rings. The lowest BCUT2D eigenvalue weighted by Crippen LogP contribution is -2.13. The van der Waals surface area contributed by atoms with Crippen LogP contribution in [0, 0.1) is 18.6 Å². The van der Waals surface area contributed by atoms with Crippen molar-refractivity contribution in [2.75, 3.05) is 5.32 Å². The van der Waals surface area contributed by atoms with E-state index in [1.54, 1.807) is 12.3 Å². The lowest BCUT2D eigenvalue weighted by atomic mass is 10.2. The normalized spacial score (nSPS) is 10.3. The van der Waals surface area contributed by atoms with E-state index >= 15 is 0 Å². The number of aromatic nitrogens is 1. The van der Waals surface area contributed by atoms with E-state index in [0.717, 1.165) is 17.8 Å². The van der Waals surface area contributed by atoms with Crippen molar-refractivity contribution in [3.63, 3.8) is 0 Å². The summed E-state index contributed by atoms with van der Waals surface area (Å²) in [6.45, 7) is 1.78. The maximum Gasteiger partial charge on any atom is 0.260 e. The summed E-state index contributed by atoms with van der Waals surface area (Å²) in [5.74, 6) is -2.25. The van der Waals surface area contributed by atoms with Gasteiger partial charge in [-0.2, -0.15) is 0 Å². The first-order valence-electron chi connectivity index (χ1n) is 4.75. The predicted octanol–water partition coefficient (Wildman–Crippen LogP) is 2.98. The van der Waals surface area contributed by atoms with Crippen molar-refractivity contribution in [3.05, 3.63) is 46.5 Å². The lowest BCUT2D eigenvalue weighted by molar-refractivity contribution is 0.102. The minimum atomic E-state index is -0.893. The zero-order chi connectivity index (χ0) is 12.4. The molecule has 2 rings (SSSR count). The van der Waals surface area contributed by atoms with Gasteiger partial charge in [0.1, 0.15) is 11.6 Å². The van der Waals surface area contributed by atoms with Crippen LogP contribution >= 0.6 is 11.3 Å². The Morgan fingerprint density at radius 3 is 2.76 bits per heavy atom. The zero-order valence-corrected chi connectivity index (χ0v) is 9.65. The molecule has 6 heteroatoms. The predicted molar refractivity (Wildman–Crippen MR) is 61.2 cm³/mol. The summed E-state index contributed by atoms with van der Waals surface area (Å²) < 4.78 is 26.0. The van der Waals surface area contributed by atoms with Gasteiger partial charge >= 0.3 is 0 Å². The van der Waals surface area contributed by atoms with E-state index in [2.05, 4.69) is 10.3 Å². The Balaban J connectivity index is 2.20. The molecule has 3 nitrogen and oxygen atoms in total. The third-order valence-corrected chi connectivity index (χ3v) is 2.89. The van der Waals surface area contributed by atoms with Gasteiger partial charge in [-0.25, -0.2) is 13.8 Å². The molecule has 0 radical (unpaired) electrons. The number of carbonyl (C=O) groups is 1. The molecule has 88 valence electrons. The molecule has 1 heterocycles. The second-order valence-electron chi connectivity index (χ2n) is 3.37. The molecular weight excluding hydrogens is 246 g/mol. The largest absolute Gasteiger partial charge is 0.298 e. The van der Waals surface area contributed by atoms with Crippen LogP contribution in [-0.2, 0) is 0 Å². The molecule has 0 aliphatic heterocycles. The van der Waals surface area contributed by atoms with Gasteiger partial charge in [0.15, 0.2) is 5.13 Å². The van der Waals surface area contributed by atoms with E-state index < -0.39 is 17.5 Å². The SMILES string of the molecule is Cc1csc(NC(=O)c2ccc(F)cc2F)n1. The third kappa shape index (κ3) is 2.65. The fourth-order valence-corrected chi connectivity index (χ4v) is 1.93. The number of nitrogens with one attached hydrogen (secondary N) is 1. The van der Waals surface area contributed by atoms with Crippen molar-refractivity contribution < 1.29 is 13.6 Å². The van der Waals surface area contributed by atoms with Crippen LogP contribution in [-0.4, -0.2) is 10.9 Å². The summed E-state index contributed by atoms with van der Waals surface area (Å²) in [5, 5.41) is 4.59. The molecule has 1 amide bonds. The van der Waals surface area contributed by atoms with Crippen molar-refractivity contribution in [1.29, 1.82) is 0 Å². The van der Waals surface area contributed by atoms with Crippen LogP contribution in [0.15, 0.2) is 23.6 Å². The van der Waals surface area contributed by atoms with Crippen molar-refractivity contribution in [2.45, 2.75) is 6.92 Å². The zero-order valence-electron chi connectivity index (χ0n) is 8.83. The first-order chi connectivity index (χ1) is 8.06. The molecule has 1 aromatic heterocycles. The molecule has 0 unspecified atom stereocenters. The summed E-state index contributed by atoms with van der Waals surface area (Å²) in [7, 11) is 0. The molecule has 0 saturated heterocycles. The number of benzene rings is 1. The molecule has 0 fully saturated rings. The number of thiazole rings is 1. The van der Waals surface area contributed by atoms with Gasteiger partial charge < -0.3 is 0 Å². The Morgan fingerprint density at radius 1 is 1.41 bits per heavy atom. The Kier molecular flexibility index (Phi) is 3.14. The molecule has 0 aliphatic carbocycles. The highest BCUT2D eigenvalue weighted by Gasteiger charge is 2.13. The molecule has 0 bridgehead atoms. The van der Waals surface area contributed by atoms with E-state index in [1.807, 2.05) is 0 Å². The smallest absolute Gasteiger partial charge is 0.260 e. The summed E-state index contributed by atoms with van der Waals surface area (Å²) in [4.78, 5) is 15.7. The molecule has 1 N–H and O–H groups in total. The lowest BCUT2D eigenvalue weighted by Gasteiger charge is -2.02. The second kappa shape index (κ2) is 4.58. The van der Waals surface area contributed by atoms with E-state index in [-0.39, 0.29) is 5.56 Å². The highest BCUT2D eigenvalue weighted by molar-refractivity contribution is 7.13. The van der Waals surface area contributed by atoms with Gasteiger partial charge in [-0.1, -0.05) is 0 Å². The van der Waals surface area contributed by atoms with Gasteiger partial charge in [0.2, 0.25) is 0 Å². The first kappa shape index (κ1) is 11.7. The molecule has 0 saturated carbocycles. The van der Waals surface area contributed by atoms with Gasteiger partial charge in [-0.15, -0.1) is 11.3 Å². The Hall–Kier alpha value is -1.82. The monoisotopic (exact) mass is 254 g/mol. The van der Waals surface area contributed by atoms with Crippen LogP contribution in [0.2, 0.25) is 0 Å². The maximum absolute atomic E-state index is 13.3.